The molecule has 0 radical (unpaired) electrons. The van der Waals surface area contributed by atoms with Crippen LogP contribution in [0.5, 0.6) is 0 Å². The molecule has 0 spiro atoms. The SMILES string of the molecule is C[C@H](NCc1cn(C)nn1)C1CCCC1. The zero-order chi connectivity index (χ0) is 10.7. The van der Waals surface area contributed by atoms with Crippen molar-refractivity contribution in [1.29, 1.82) is 0 Å². The van der Waals surface area contributed by atoms with Crippen molar-refractivity contribution in [2.45, 2.75) is 45.2 Å². The second kappa shape index (κ2) is 4.75. The second-order valence-electron chi connectivity index (χ2n) is 4.60. The molecule has 0 saturated heterocycles. The maximum Gasteiger partial charge on any atom is 0.0964 e. The highest BCUT2D eigenvalue weighted by Crippen LogP contribution is 2.27. The van der Waals surface area contributed by atoms with E-state index in [-0.39, 0.29) is 0 Å². The van der Waals surface area contributed by atoms with Gasteiger partial charge in [-0.3, -0.25) is 4.68 Å². The van der Waals surface area contributed by atoms with E-state index in [2.05, 4.69) is 22.6 Å². The zero-order valence-electron chi connectivity index (χ0n) is 9.61. The summed E-state index contributed by atoms with van der Waals surface area (Å²) in [6.45, 7) is 3.12. The van der Waals surface area contributed by atoms with E-state index in [1.54, 1.807) is 4.68 Å². The molecule has 4 nitrogen and oxygen atoms in total. The average Bonchev–Trinajstić information content (AvgIpc) is 2.84. The minimum absolute atomic E-state index is 0.606. The topological polar surface area (TPSA) is 42.7 Å². The summed E-state index contributed by atoms with van der Waals surface area (Å²) in [5.41, 5.74) is 1.03. The monoisotopic (exact) mass is 208 g/mol. The highest BCUT2D eigenvalue weighted by Gasteiger charge is 2.20. The maximum absolute atomic E-state index is 4.06. The normalized spacial score (nSPS) is 19.6. The van der Waals surface area contributed by atoms with Gasteiger partial charge in [0.25, 0.3) is 0 Å². The molecule has 0 aliphatic heterocycles. The van der Waals surface area contributed by atoms with Crippen LogP contribution in [0.3, 0.4) is 0 Å². The first-order valence-electron chi connectivity index (χ1n) is 5.84. The van der Waals surface area contributed by atoms with E-state index in [0.717, 1.165) is 18.2 Å². The van der Waals surface area contributed by atoms with Crippen LogP contribution in [0.4, 0.5) is 0 Å². The molecule has 1 aromatic heterocycles. The van der Waals surface area contributed by atoms with Gasteiger partial charge in [0.05, 0.1) is 5.69 Å². The Morgan fingerprint density at radius 1 is 1.53 bits per heavy atom. The second-order valence-corrected chi connectivity index (χ2v) is 4.60. The Morgan fingerprint density at radius 3 is 2.87 bits per heavy atom. The molecular formula is C11H20N4. The van der Waals surface area contributed by atoms with E-state index < -0.39 is 0 Å². The van der Waals surface area contributed by atoms with Crippen molar-refractivity contribution < 1.29 is 0 Å². The fourth-order valence-corrected chi connectivity index (χ4v) is 2.37. The van der Waals surface area contributed by atoms with Crippen LogP contribution in [-0.2, 0) is 13.6 Å². The van der Waals surface area contributed by atoms with Crippen molar-refractivity contribution in [3.05, 3.63) is 11.9 Å². The first kappa shape index (κ1) is 10.6. The van der Waals surface area contributed by atoms with Crippen molar-refractivity contribution in [3.8, 4) is 0 Å². The van der Waals surface area contributed by atoms with Gasteiger partial charge in [0.2, 0.25) is 0 Å². The lowest BCUT2D eigenvalue weighted by molar-refractivity contribution is 0.379. The van der Waals surface area contributed by atoms with E-state index in [4.69, 9.17) is 0 Å². The van der Waals surface area contributed by atoms with Crippen molar-refractivity contribution >= 4 is 0 Å². The summed E-state index contributed by atoms with van der Waals surface area (Å²) in [6.07, 6.45) is 7.54. The number of hydrogen-bond donors (Lipinski definition) is 1. The summed E-state index contributed by atoms with van der Waals surface area (Å²) < 4.78 is 1.75. The Bertz CT molecular complexity index is 301. The molecule has 84 valence electrons. The number of nitrogens with zero attached hydrogens (tertiary/aromatic N) is 3. The third-order valence-electron chi connectivity index (χ3n) is 3.36. The van der Waals surface area contributed by atoms with Gasteiger partial charge in [0, 0.05) is 25.8 Å². The molecule has 1 saturated carbocycles. The van der Waals surface area contributed by atoms with Gasteiger partial charge in [-0.25, -0.2) is 0 Å². The number of aromatic nitrogens is 3. The van der Waals surface area contributed by atoms with E-state index in [0.29, 0.717) is 6.04 Å². The minimum atomic E-state index is 0.606. The smallest absolute Gasteiger partial charge is 0.0964 e. The summed E-state index contributed by atoms with van der Waals surface area (Å²) in [4.78, 5) is 0. The standard InChI is InChI=1S/C11H20N4/c1-9(10-5-3-4-6-10)12-7-11-8-15(2)14-13-11/h8-10,12H,3-7H2,1-2H3/t9-/m0/s1. The van der Waals surface area contributed by atoms with Crippen molar-refractivity contribution in [2.75, 3.05) is 0 Å². The lowest BCUT2D eigenvalue weighted by Gasteiger charge is -2.19. The lowest BCUT2D eigenvalue weighted by Crippen LogP contribution is -2.31. The van der Waals surface area contributed by atoms with Gasteiger partial charge in [-0.2, -0.15) is 0 Å². The van der Waals surface area contributed by atoms with Crippen LogP contribution in [0.1, 0.15) is 38.3 Å². The zero-order valence-corrected chi connectivity index (χ0v) is 9.61. The molecule has 1 N–H and O–H groups in total. The molecule has 0 unspecified atom stereocenters. The van der Waals surface area contributed by atoms with Crippen LogP contribution in [0.15, 0.2) is 6.20 Å². The molecule has 0 bridgehead atoms. The summed E-state index contributed by atoms with van der Waals surface area (Å²) in [5, 5.41) is 11.5. The number of nitrogens with one attached hydrogen (secondary N) is 1. The van der Waals surface area contributed by atoms with E-state index >= 15 is 0 Å². The summed E-state index contributed by atoms with van der Waals surface area (Å²) >= 11 is 0. The van der Waals surface area contributed by atoms with Gasteiger partial charge >= 0.3 is 0 Å². The molecule has 1 aliphatic rings. The molecule has 0 aromatic carbocycles. The predicted octanol–water partition coefficient (Wildman–Crippen LogP) is 1.48. The molecule has 1 fully saturated rings. The van der Waals surface area contributed by atoms with E-state index in [9.17, 15) is 0 Å². The van der Waals surface area contributed by atoms with E-state index in [1.807, 2.05) is 13.2 Å². The van der Waals surface area contributed by atoms with Crippen molar-refractivity contribution in [2.24, 2.45) is 13.0 Å². The maximum atomic E-state index is 4.06. The average molecular weight is 208 g/mol. The van der Waals surface area contributed by atoms with Gasteiger partial charge in [-0.15, -0.1) is 5.10 Å². The fourth-order valence-electron chi connectivity index (χ4n) is 2.37. The summed E-state index contributed by atoms with van der Waals surface area (Å²) in [7, 11) is 1.90. The van der Waals surface area contributed by atoms with Gasteiger partial charge in [0.15, 0.2) is 0 Å². The summed E-state index contributed by atoms with van der Waals surface area (Å²) in [5.74, 6) is 0.863. The Labute approximate surface area is 91.1 Å². The van der Waals surface area contributed by atoms with Gasteiger partial charge in [-0.1, -0.05) is 18.1 Å². The number of hydrogen-bond acceptors (Lipinski definition) is 3. The minimum Gasteiger partial charge on any atom is -0.308 e. The first-order valence-corrected chi connectivity index (χ1v) is 5.84. The molecule has 1 aromatic rings. The number of rotatable bonds is 4. The molecule has 1 aliphatic carbocycles. The molecule has 1 atom stereocenters. The Balaban J connectivity index is 1.77. The molecule has 1 heterocycles. The van der Waals surface area contributed by atoms with Crippen LogP contribution in [0.2, 0.25) is 0 Å². The van der Waals surface area contributed by atoms with Gasteiger partial charge in [0.1, 0.15) is 0 Å². The third-order valence-corrected chi connectivity index (χ3v) is 3.36. The van der Waals surface area contributed by atoms with Crippen molar-refractivity contribution in [3.63, 3.8) is 0 Å². The van der Waals surface area contributed by atoms with Crippen LogP contribution in [-0.4, -0.2) is 21.0 Å². The quantitative estimate of drug-likeness (QED) is 0.815. The Morgan fingerprint density at radius 2 is 2.27 bits per heavy atom. The van der Waals surface area contributed by atoms with Gasteiger partial charge < -0.3 is 5.32 Å². The summed E-state index contributed by atoms with van der Waals surface area (Å²) in [6, 6.07) is 0.606. The largest absolute Gasteiger partial charge is 0.308 e. The van der Waals surface area contributed by atoms with Crippen molar-refractivity contribution in [1.82, 2.24) is 20.3 Å². The number of aryl methyl sites for hydroxylation is 1. The fraction of sp³-hybridized carbons (Fsp3) is 0.818. The predicted molar refractivity (Wildman–Crippen MR) is 59.3 cm³/mol. The lowest BCUT2D eigenvalue weighted by atomic mass is 10.00. The molecule has 0 amide bonds. The Kier molecular flexibility index (Phi) is 3.36. The Hall–Kier alpha value is -0.900. The van der Waals surface area contributed by atoms with Crippen LogP contribution in [0, 0.1) is 5.92 Å². The van der Waals surface area contributed by atoms with Gasteiger partial charge in [-0.05, 0) is 25.7 Å². The molecule has 4 heteroatoms. The highest BCUT2D eigenvalue weighted by atomic mass is 15.4. The van der Waals surface area contributed by atoms with Crippen LogP contribution >= 0.6 is 0 Å². The first-order chi connectivity index (χ1) is 7.25. The van der Waals surface area contributed by atoms with Crippen LogP contribution < -0.4 is 5.32 Å². The molecule has 15 heavy (non-hydrogen) atoms. The molecule has 2 rings (SSSR count). The highest BCUT2D eigenvalue weighted by molar-refractivity contribution is 4.92. The molecular weight excluding hydrogens is 188 g/mol. The van der Waals surface area contributed by atoms with Crippen LogP contribution in [0.25, 0.3) is 0 Å². The van der Waals surface area contributed by atoms with E-state index in [1.165, 1.54) is 25.7 Å². The third kappa shape index (κ3) is 2.78.